The maximum absolute atomic E-state index is 13.1. The van der Waals surface area contributed by atoms with Crippen LogP contribution in [0.25, 0.3) is 21.9 Å². The van der Waals surface area contributed by atoms with Gasteiger partial charge in [0.15, 0.2) is 0 Å². The summed E-state index contributed by atoms with van der Waals surface area (Å²) in [5, 5.41) is 2.64. The van der Waals surface area contributed by atoms with Crippen molar-refractivity contribution in [2.24, 2.45) is 0 Å². The van der Waals surface area contributed by atoms with Crippen LogP contribution >= 0.6 is 0 Å². The molecule has 1 atom stereocenters. The van der Waals surface area contributed by atoms with Gasteiger partial charge < -0.3 is 14.5 Å². The SMILES string of the molecule is CNNC(=O)C(Cc1ccccc1)N(C)C(=O)CN(C)C(=O)OCC1c2ccccc2-c2ccccc21.Cc1ccc2ccccc2c1. The predicted molar refractivity (Wildman–Crippen MR) is 190 cm³/mol. The molecule has 5 aromatic rings. The van der Waals surface area contributed by atoms with E-state index in [1.807, 2.05) is 54.6 Å². The van der Waals surface area contributed by atoms with E-state index >= 15 is 0 Å². The molecule has 0 fully saturated rings. The molecule has 2 N–H and O–H groups in total. The number of likely N-dealkylation sites (N-methyl/N-ethyl adjacent to an activating group) is 2. The van der Waals surface area contributed by atoms with E-state index in [4.69, 9.17) is 4.74 Å². The number of rotatable bonds is 9. The first-order chi connectivity index (χ1) is 23.3. The summed E-state index contributed by atoms with van der Waals surface area (Å²) >= 11 is 0. The number of amides is 3. The fraction of sp³-hybridized carbons (Fsp3) is 0.225. The molecule has 0 saturated carbocycles. The number of carbonyl (C=O) groups excluding carboxylic acids is 3. The normalized spacial score (nSPS) is 12.2. The molecule has 0 heterocycles. The maximum atomic E-state index is 13.1. The lowest BCUT2D eigenvalue weighted by atomic mass is 9.98. The minimum absolute atomic E-state index is 0.0661. The van der Waals surface area contributed by atoms with E-state index < -0.39 is 12.1 Å². The Labute approximate surface area is 282 Å². The van der Waals surface area contributed by atoms with Gasteiger partial charge in [0.1, 0.15) is 19.2 Å². The van der Waals surface area contributed by atoms with Crippen LogP contribution in [-0.4, -0.2) is 68.0 Å². The molecular formula is C40H42N4O4. The number of fused-ring (bicyclic) bond motifs is 4. The van der Waals surface area contributed by atoms with E-state index in [2.05, 4.69) is 84.5 Å². The summed E-state index contributed by atoms with van der Waals surface area (Å²) in [4.78, 5) is 41.2. The fourth-order valence-electron chi connectivity index (χ4n) is 6.02. The number of aryl methyl sites for hydroxylation is 1. The van der Waals surface area contributed by atoms with Crippen LogP contribution in [0.3, 0.4) is 0 Å². The standard InChI is InChI=1S/C29H32N4O4.C11H10/c1-30-31-28(35)26(17-20-11-5-4-6-12-20)33(3)27(34)18-32(2)29(36)37-19-25-23-15-9-7-13-21(23)22-14-8-10-16-24(22)25;1-9-6-7-10-4-2-3-5-11(10)8-9/h4-16,25-26,30H,17-19H2,1-3H3,(H,31,35);2-8H,1H3. The Bertz CT molecular complexity index is 1830. The minimum Gasteiger partial charge on any atom is -0.448 e. The predicted octanol–water partition coefficient (Wildman–Crippen LogP) is 6.34. The van der Waals surface area contributed by atoms with Gasteiger partial charge in [-0.3, -0.25) is 15.0 Å². The van der Waals surface area contributed by atoms with Crippen molar-refractivity contribution < 1.29 is 19.1 Å². The first-order valence-electron chi connectivity index (χ1n) is 16.0. The third kappa shape index (κ3) is 8.08. The van der Waals surface area contributed by atoms with E-state index in [9.17, 15) is 14.4 Å². The van der Waals surface area contributed by atoms with Gasteiger partial charge in [-0.05, 0) is 45.5 Å². The highest BCUT2D eigenvalue weighted by molar-refractivity contribution is 5.89. The van der Waals surface area contributed by atoms with Crippen molar-refractivity contribution >= 4 is 28.7 Å². The number of ether oxygens (including phenoxy) is 1. The van der Waals surface area contributed by atoms with E-state index in [1.165, 1.54) is 33.2 Å². The van der Waals surface area contributed by atoms with Crippen LogP contribution in [0.4, 0.5) is 4.79 Å². The third-order valence-corrected chi connectivity index (χ3v) is 8.61. The second-order valence-electron chi connectivity index (χ2n) is 12.0. The lowest BCUT2D eigenvalue weighted by Gasteiger charge is -2.29. The summed E-state index contributed by atoms with van der Waals surface area (Å²) in [5.74, 6) is -0.780. The monoisotopic (exact) mass is 642 g/mol. The third-order valence-electron chi connectivity index (χ3n) is 8.61. The van der Waals surface area contributed by atoms with Crippen LogP contribution in [0, 0.1) is 6.92 Å². The highest BCUT2D eigenvalue weighted by atomic mass is 16.6. The fourth-order valence-corrected chi connectivity index (χ4v) is 6.02. The Balaban J connectivity index is 0.000000343. The van der Waals surface area contributed by atoms with Crippen LogP contribution in [0.2, 0.25) is 0 Å². The number of hydrogen-bond acceptors (Lipinski definition) is 5. The molecular weight excluding hydrogens is 600 g/mol. The zero-order chi connectivity index (χ0) is 34.0. The zero-order valence-corrected chi connectivity index (χ0v) is 27.9. The molecule has 0 aromatic heterocycles. The number of carbonyl (C=O) groups is 3. The van der Waals surface area contributed by atoms with E-state index in [0.717, 1.165) is 27.8 Å². The molecule has 0 saturated heterocycles. The van der Waals surface area contributed by atoms with Crippen molar-refractivity contribution in [3.05, 3.63) is 144 Å². The van der Waals surface area contributed by atoms with Crippen molar-refractivity contribution in [3.63, 3.8) is 0 Å². The molecule has 0 spiro atoms. The molecule has 1 aliphatic carbocycles. The lowest BCUT2D eigenvalue weighted by Crippen LogP contribution is -2.53. The van der Waals surface area contributed by atoms with Gasteiger partial charge in [0, 0.05) is 33.5 Å². The van der Waals surface area contributed by atoms with E-state index in [0.29, 0.717) is 6.42 Å². The average Bonchev–Trinajstić information content (AvgIpc) is 3.43. The van der Waals surface area contributed by atoms with Gasteiger partial charge in [0.05, 0.1) is 0 Å². The summed E-state index contributed by atoms with van der Waals surface area (Å²) < 4.78 is 5.65. The topological polar surface area (TPSA) is 91.0 Å². The number of hydrogen-bond donors (Lipinski definition) is 2. The first kappa shape index (κ1) is 33.9. The Kier molecular flexibility index (Phi) is 11.2. The molecule has 48 heavy (non-hydrogen) atoms. The Morgan fingerprint density at radius 3 is 1.98 bits per heavy atom. The van der Waals surface area contributed by atoms with Crippen LogP contribution in [0.1, 0.15) is 28.2 Å². The maximum Gasteiger partial charge on any atom is 0.409 e. The Hall–Kier alpha value is -5.47. The number of benzene rings is 5. The van der Waals surface area contributed by atoms with Crippen molar-refractivity contribution in [1.29, 1.82) is 0 Å². The Morgan fingerprint density at radius 1 is 0.750 bits per heavy atom. The van der Waals surface area contributed by atoms with Gasteiger partial charge in [0.25, 0.3) is 5.91 Å². The first-order valence-corrected chi connectivity index (χ1v) is 16.0. The second-order valence-corrected chi connectivity index (χ2v) is 12.0. The van der Waals surface area contributed by atoms with Gasteiger partial charge in [-0.25, -0.2) is 10.2 Å². The molecule has 8 heteroatoms. The quantitative estimate of drug-likeness (QED) is 0.183. The Morgan fingerprint density at radius 2 is 1.33 bits per heavy atom. The lowest BCUT2D eigenvalue weighted by molar-refractivity contribution is -0.139. The summed E-state index contributed by atoms with van der Waals surface area (Å²) in [6.07, 6.45) is -0.256. The molecule has 246 valence electrons. The molecule has 5 aromatic carbocycles. The highest BCUT2D eigenvalue weighted by Crippen LogP contribution is 2.44. The average molecular weight is 643 g/mol. The van der Waals surface area contributed by atoms with Crippen LogP contribution in [0.15, 0.2) is 121 Å². The highest BCUT2D eigenvalue weighted by Gasteiger charge is 2.31. The molecule has 0 bridgehead atoms. The summed E-state index contributed by atoms with van der Waals surface area (Å²) in [6, 6.07) is 39.9. The molecule has 1 unspecified atom stereocenters. The van der Waals surface area contributed by atoms with Gasteiger partial charge in [0.2, 0.25) is 5.91 Å². The molecule has 1 aliphatic rings. The van der Waals surface area contributed by atoms with Crippen LogP contribution in [-0.2, 0) is 20.7 Å². The molecule has 3 amide bonds. The summed E-state index contributed by atoms with van der Waals surface area (Å²) in [6.45, 7) is 2.07. The minimum atomic E-state index is -0.752. The van der Waals surface area contributed by atoms with Crippen molar-refractivity contribution in [2.45, 2.75) is 25.3 Å². The smallest absolute Gasteiger partial charge is 0.409 e. The van der Waals surface area contributed by atoms with Gasteiger partial charge in [-0.15, -0.1) is 0 Å². The molecule has 8 nitrogen and oxygen atoms in total. The summed E-state index contributed by atoms with van der Waals surface area (Å²) in [5.41, 5.74) is 12.0. The number of hydrazine groups is 1. The van der Waals surface area contributed by atoms with E-state index in [-0.39, 0.29) is 30.9 Å². The van der Waals surface area contributed by atoms with Crippen LogP contribution in [0.5, 0.6) is 0 Å². The molecule has 0 radical (unpaired) electrons. The van der Waals surface area contributed by atoms with Gasteiger partial charge >= 0.3 is 6.09 Å². The van der Waals surface area contributed by atoms with E-state index in [1.54, 1.807) is 14.1 Å². The zero-order valence-electron chi connectivity index (χ0n) is 27.9. The van der Waals surface area contributed by atoms with Gasteiger partial charge in [-0.2, -0.15) is 0 Å². The largest absolute Gasteiger partial charge is 0.448 e. The number of nitrogens with one attached hydrogen (secondary N) is 2. The van der Waals surface area contributed by atoms with Crippen LogP contribution < -0.4 is 10.9 Å². The molecule has 0 aliphatic heterocycles. The second kappa shape index (κ2) is 15.9. The number of nitrogens with zero attached hydrogens (tertiary/aromatic N) is 2. The molecule has 6 rings (SSSR count). The summed E-state index contributed by atoms with van der Waals surface area (Å²) in [7, 11) is 4.67. The van der Waals surface area contributed by atoms with Crippen molar-refractivity contribution in [2.75, 3.05) is 34.3 Å². The van der Waals surface area contributed by atoms with Gasteiger partial charge in [-0.1, -0.05) is 127 Å². The van der Waals surface area contributed by atoms with Crippen molar-refractivity contribution in [1.82, 2.24) is 20.7 Å². The van der Waals surface area contributed by atoms with Crippen molar-refractivity contribution in [3.8, 4) is 11.1 Å².